The third-order valence-corrected chi connectivity index (χ3v) is 4.49. The first-order valence-electron chi connectivity index (χ1n) is 8.20. The molecule has 20 heavy (non-hydrogen) atoms. The normalized spacial score (nSPS) is 27.6. The van der Waals surface area contributed by atoms with Crippen LogP contribution in [0.15, 0.2) is 0 Å². The Kier molecular flexibility index (Phi) is 5.83. The van der Waals surface area contributed by atoms with Crippen LogP contribution in [-0.4, -0.2) is 48.8 Å². The molecule has 0 aromatic rings. The van der Waals surface area contributed by atoms with Crippen LogP contribution in [0.2, 0.25) is 0 Å². The molecule has 0 amide bonds. The molecular formula is C16H29N3O. The molecule has 4 nitrogen and oxygen atoms in total. The average Bonchev–Trinajstić information content (AvgIpc) is 3.26. The predicted octanol–water partition coefficient (Wildman–Crippen LogP) is 2.30. The van der Waals surface area contributed by atoms with E-state index < -0.39 is 0 Å². The summed E-state index contributed by atoms with van der Waals surface area (Å²) in [6, 6.07) is 3.14. The van der Waals surface area contributed by atoms with E-state index in [1.165, 1.54) is 12.8 Å². The number of rotatable bonds is 7. The molecule has 0 radical (unpaired) electrons. The molecule has 1 heterocycles. The van der Waals surface area contributed by atoms with Gasteiger partial charge >= 0.3 is 0 Å². The molecule has 2 aliphatic rings. The van der Waals surface area contributed by atoms with Crippen molar-refractivity contribution in [1.29, 1.82) is 5.26 Å². The third kappa shape index (κ3) is 4.73. The van der Waals surface area contributed by atoms with Gasteiger partial charge in [-0.2, -0.15) is 5.26 Å². The Bertz CT molecular complexity index is 337. The van der Waals surface area contributed by atoms with E-state index in [-0.39, 0.29) is 5.54 Å². The smallest absolute Gasteiger partial charge is 0.106 e. The lowest BCUT2D eigenvalue weighted by molar-refractivity contribution is 0.0673. The van der Waals surface area contributed by atoms with Crippen molar-refractivity contribution in [2.75, 3.05) is 26.2 Å². The highest BCUT2D eigenvalue weighted by atomic mass is 16.5. The number of hydrogen-bond acceptors (Lipinski definition) is 4. The lowest BCUT2D eigenvalue weighted by atomic mass is 9.91. The second-order valence-corrected chi connectivity index (χ2v) is 6.41. The van der Waals surface area contributed by atoms with Gasteiger partial charge in [0.15, 0.2) is 0 Å². The Morgan fingerprint density at radius 2 is 2.25 bits per heavy atom. The minimum Gasteiger partial charge on any atom is -0.377 e. The quantitative estimate of drug-likeness (QED) is 0.777. The second kappa shape index (κ2) is 7.40. The van der Waals surface area contributed by atoms with Gasteiger partial charge in [-0.15, -0.1) is 0 Å². The van der Waals surface area contributed by atoms with Gasteiger partial charge in [-0.25, -0.2) is 0 Å². The van der Waals surface area contributed by atoms with Gasteiger partial charge in [0.25, 0.3) is 0 Å². The summed E-state index contributed by atoms with van der Waals surface area (Å²) in [4.78, 5) is 2.49. The number of nitrogens with one attached hydrogen (secondary N) is 1. The topological polar surface area (TPSA) is 48.3 Å². The van der Waals surface area contributed by atoms with Crippen LogP contribution in [0.1, 0.15) is 52.4 Å². The Morgan fingerprint density at radius 1 is 1.45 bits per heavy atom. The molecule has 1 N–H and O–H groups in total. The summed E-state index contributed by atoms with van der Waals surface area (Å²) in [5.41, 5.74) is -0.296. The monoisotopic (exact) mass is 279 g/mol. The highest BCUT2D eigenvalue weighted by Gasteiger charge is 2.34. The molecule has 2 atom stereocenters. The van der Waals surface area contributed by atoms with Crippen LogP contribution in [0, 0.1) is 11.3 Å². The molecule has 4 heteroatoms. The first-order chi connectivity index (χ1) is 9.67. The van der Waals surface area contributed by atoms with Crippen molar-refractivity contribution in [2.24, 2.45) is 0 Å². The van der Waals surface area contributed by atoms with Crippen molar-refractivity contribution in [3.8, 4) is 6.07 Å². The molecule has 2 fully saturated rings. The van der Waals surface area contributed by atoms with E-state index in [0.717, 1.165) is 51.9 Å². The van der Waals surface area contributed by atoms with Gasteiger partial charge < -0.3 is 9.64 Å². The third-order valence-electron chi connectivity index (χ3n) is 4.49. The van der Waals surface area contributed by atoms with E-state index in [0.29, 0.717) is 12.1 Å². The lowest BCUT2D eigenvalue weighted by Crippen LogP contribution is -2.45. The van der Waals surface area contributed by atoms with E-state index >= 15 is 0 Å². The molecule has 0 bridgehead atoms. The van der Waals surface area contributed by atoms with E-state index in [4.69, 9.17) is 4.74 Å². The van der Waals surface area contributed by atoms with Gasteiger partial charge in [-0.1, -0.05) is 6.92 Å². The summed E-state index contributed by atoms with van der Waals surface area (Å²) in [5, 5.41) is 13.1. The molecule has 114 valence electrons. The molecule has 2 unspecified atom stereocenters. The molecule has 0 spiro atoms. The van der Waals surface area contributed by atoms with Crippen LogP contribution >= 0.6 is 0 Å². The van der Waals surface area contributed by atoms with Gasteiger partial charge in [-0.05, 0) is 52.0 Å². The lowest BCUT2D eigenvalue weighted by Gasteiger charge is -2.28. The van der Waals surface area contributed by atoms with Crippen LogP contribution in [0.25, 0.3) is 0 Å². The number of ether oxygens (including phenoxy) is 1. The molecule has 1 aliphatic heterocycles. The predicted molar refractivity (Wildman–Crippen MR) is 80.5 cm³/mol. The van der Waals surface area contributed by atoms with Gasteiger partial charge in [0, 0.05) is 25.7 Å². The second-order valence-electron chi connectivity index (χ2n) is 6.41. The zero-order valence-corrected chi connectivity index (χ0v) is 13.0. The van der Waals surface area contributed by atoms with Crippen molar-refractivity contribution in [3.63, 3.8) is 0 Å². The fourth-order valence-corrected chi connectivity index (χ4v) is 3.02. The van der Waals surface area contributed by atoms with Crippen LogP contribution in [0.5, 0.6) is 0 Å². The van der Waals surface area contributed by atoms with Crippen LogP contribution in [0.4, 0.5) is 0 Å². The SMILES string of the molecule is CCC(C#N)(CCCN1CCCOC(C)C1)NC1CC1. The Balaban J connectivity index is 1.75. The van der Waals surface area contributed by atoms with Crippen molar-refractivity contribution >= 4 is 0 Å². The molecule has 1 saturated carbocycles. The van der Waals surface area contributed by atoms with Gasteiger partial charge in [0.2, 0.25) is 0 Å². The maximum Gasteiger partial charge on any atom is 0.106 e. The zero-order chi connectivity index (χ0) is 14.4. The van der Waals surface area contributed by atoms with Crippen LogP contribution in [-0.2, 0) is 4.74 Å². The Hall–Kier alpha value is -0.630. The standard InChI is InChI=1S/C16H29N3O/c1-3-16(13-17,18-15-6-7-15)8-4-9-19-10-5-11-20-14(2)12-19/h14-15,18H,3-12H2,1-2H3. The number of hydrogen-bond donors (Lipinski definition) is 1. The number of nitrogens with zero attached hydrogens (tertiary/aromatic N) is 2. The summed E-state index contributed by atoms with van der Waals surface area (Å²) >= 11 is 0. The molecule has 2 rings (SSSR count). The molecule has 1 saturated heterocycles. The first-order valence-corrected chi connectivity index (χ1v) is 8.20. The Labute approximate surface area is 123 Å². The largest absolute Gasteiger partial charge is 0.377 e. The molecule has 1 aliphatic carbocycles. The van der Waals surface area contributed by atoms with Crippen molar-refractivity contribution < 1.29 is 4.74 Å². The summed E-state index contributed by atoms with van der Waals surface area (Å²) in [6.45, 7) is 8.41. The molecule has 0 aromatic heterocycles. The van der Waals surface area contributed by atoms with Crippen LogP contribution < -0.4 is 5.32 Å². The van der Waals surface area contributed by atoms with E-state index in [1.807, 2.05) is 0 Å². The molecule has 0 aromatic carbocycles. The van der Waals surface area contributed by atoms with Crippen molar-refractivity contribution in [2.45, 2.75) is 70.1 Å². The Morgan fingerprint density at radius 3 is 2.90 bits per heavy atom. The average molecular weight is 279 g/mol. The molecular weight excluding hydrogens is 250 g/mol. The maximum absolute atomic E-state index is 9.53. The minimum atomic E-state index is -0.296. The summed E-state index contributed by atoms with van der Waals surface area (Å²) in [7, 11) is 0. The zero-order valence-electron chi connectivity index (χ0n) is 13.0. The highest BCUT2D eigenvalue weighted by Crippen LogP contribution is 2.26. The van der Waals surface area contributed by atoms with Gasteiger partial charge in [0.1, 0.15) is 5.54 Å². The fraction of sp³-hybridized carbons (Fsp3) is 0.938. The van der Waals surface area contributed by atoms with E-state index in [2.05, 4.69) is 30.1 Å². The summed E-state index contributed by atoms with van der Waals surface area (Å²) in [6.07, 6.45) is 6.90. The van der Waals surface area contributed by atoms with Crippen molar-refractivity contribution in [1.82, 2.24) is 10.2 Å². The summed E-state index contributed by atoms with van der Waals surface area (Å²) < 4.78 is 5.68. The maximum atomic E-state index is 9.53. The highest BCUT2D eigenvalue weighted by molar-refractivity contribution is 5.09. The minimum absolute atomic E-state index is 0.296. The number of nitriles is 1. The van der Waals surface area contributed by atoms with Crippen LogP contribution in [0.3, 0.4) is 0 Å². The first kappa shape index (κ1) is 15.8. The van der Waals surface area contributed by atoms with Gasteiger partial charge in [-0.3, -0.25) is 5.32 Å². The van der Waals surface area contributed by atoms with Gasteiger partial charge in [0.05, 0.1) is 12.2 Å². The fourth-order valence-electron chi connectivity index (χ4n) is 3.02. The van der Waals surface area contributed by atoms with Crippen molar-refractivity contribution in [3.05, 3.63) is 0 Å². The van der Waals surface area contributed by atoms with E-state index in [1.54, 1.807) is 0 Å². The van der Waals surface area contributed by atoms with E-state index in [9.17, 15) is 5.26 Å². The summed E-state index contributed by atoms with van der Waals surface area (Å²) in [5.74, 6) is 0.